The monoisotopic (exact) mass is 278 g/mol. The molecule has 0 bridgehead atoms. The molecule has 1 saturated carbocycles. The van der Waals surface area contributed by atoms with Crippen molar-refractivity contribution in [3.63, 3.8) is 0 Å². The van der Waals surface area contributed by atoms with Gasteiger partial charge in [0.2, 0.25) is 0 Å². The molecule has 1 aliphatic rings. The third kappa shape index (κ3) is 4.18. The molecule has 0 atom stereocenters. The summed E-state index contributed by atoms with van der Waals surface area (Å²) >= 11 is 0. The summed E-state index contributed by atoms with van der Waals surface area (Å²) < 4.78 is 0. The van der Waals surface area contributed by atoms with E-state index in [1.165, 1.54) is 55.3 Å². The number of hydrogen-bond donors (Lipinski definition) is 1. The van der Waals surface area contributed by atoms with Gasteiger partial charge in [0.15, 0.2) is 0 Å². The number of rotatable bonds is 5. The Morgan fingerprint density at radius 3 is 2.24 bits per heavy atom. The summed E-state index contributed by atoms with van der Waals surface area (Å²) in [6.07, 6.45) is 7.12. The first-order chi connectivity index (χ1) is 10.4. The van der Waals surface area contributed by atoms with Crippen molar-refractivity contribution in [3.05, 3.63) is 60.2 Å². The molecule has 109 valence electrons. The van der Waals surface area contributed by atoms with Gasteiger partial charge in [-0.3, -0.25) is 0 Å². The first kappa shape index (κ1) is 14.3. The highest BCUT2D eigenvalue weighted by Gasteiger charge is 2.12. The van der Waals surface area contributed by atoms with Crippen molar-refractivity contribution in [3.8, 4) is 11.1 Å². The average Bonchev–Trinajstić information content (AvgIpc) is 2.57. The summed E-state index contributed by atoms with van der Waals surface area (Å²) in [4.78, 5) is 0. The Bertz CT molecular complexity index is 524. The predicted molar refractivity (Wildman–Crippen MR) is 89.0 cm³/mol. The molecule has 3 rings (SSSR count). The maximum absolute atomic E-state index is 3.63. The Morgan fingerprint density at radius 1 is 0.857 bits per heavy atom. The van der Waals surface area contributed by atoms with Gasteiger partial charge in [-0.15, -0.1) is 0 Å². The lowest BCUT2D eigenvalue weighted by Crippen LogP contribution is -2.24. The van der Waals surface area contributed by atoms with Crippen LogP contribution in [0.25, 0.3) is 11.1 Å². The second-order valence-electron chi connectivity index (χ2n) is 6.12. The van der Waals surface area contributed by atoms with Crippen molar-refractivity contribution in [1.82, 2.24) is 5.32 Å². The van der Waals surface area contributed by atoms with Gasteiger partial charge in [0, 0.05) is 6.54 Å². The fourth-order valence-electron chi connectivity index (χ4n) is 3.21. The van der Waals surface area contributed by atoms with Gasteiger partial charge in [-0.2, -0.15) is 0 Å². The number of hydrogen-bond acceptors (Lipinski definition) is 1. The molecule has 1 fully saturated rings. The van der Waals surface area contributed by atoms with Crippen molar-refractivity contribution in [2.75, 3.05) is 6.54 Å². The molecule has 1 nitrogen and oxygen atoms in total. The molecule has 0 aliphatic heterocycles. The van der Waals surface area contributed by atoms with Crippen LogP contribution in [-0.2, 0) is 6.54 Å². The first-order valence-electron chi connectivity index (χ1n) is 8.18. The molecule has 0 amide bonds. The smallest absolute Gasteiger partial charge is 0.0205 e. The summed E-state index contributed by atoms with van der Waals surface area (Å²) in [7, 11) is 0. The lowest BCUT2D eigenvalue weighted by Gasteiger charge is -2.21. The van der Waals surface area contributed by atoms with E-state index in [9.17, 15) is 0 Å². The Labute approximate surface area is 128 Å². The minimum atomic E-state index is 0.901. The van der Waals surface area contributed by atoms with Gasteiger partial charge in [0.25, 0.3) is 0 Å². The molecule has 0 saturated heterocycles. The lowest BCUT2D eigenvalue weighted by atomic mass is 9.89. The van der Waals surface area contributed by atoms with Crippen LogP contribution in [0, 0.1) is 12.0 Å². The molecule has 2 aromatic rings. The van der Waals surface area contributed by atoms with E-state index in [0.717, 1.165) is 12.5 Å². The molecule has 1 N–H and O–H groups in total. The van der Waals surface area contributed by atoms with E-state index in [1.807, 2.05) is 12.1 Å². The summed E-state index contributed by atoms with van der Waals surface area (Å²) in [6.45, 7) is 2.16. The molecule has 0 heterocycles. The SMILES string of the molecule is [c]1ccc(-c2ccc(CNCC3CCCCC3)cc2)cc1. The van der Waals surface area contributed by atoms with Gasteiger partial charge in [0.1, 0.15) is 0 Å². The second-order valence-corrected chi connectivity index (χ2v) is 6.12. The van der Waals surface area contributed by atoms with E-state index >= 15 is 0 Å². The van der Waals surface area contributed by atoms with Crippen LogP contribution in [-0.4, -0.2) is 6.54 Å². The van der Waals surface area contributed by atoms with Crippen LogP contribution in [0.1, 0.15) is 37.7 Å². The predicted octanol–water partition coefficient (Wildman–Crippen LogP) is 4.82. The van der Waals surface area contributed by atoms with Gasteiger partial charge < -0.3 is 5.32 Å². The highest BCUT2D eigenvalue weighted by Crippen LogP contribution is 2.23. The summed E-state index contributed by atoms with van der Waals surface area (Å²) in [5.41, 5.74) is 3.91. The number of benzene rings is 2. The quantitative estimate of drug-likeness (QED) is 0.826. The van der Waals surface area contributed by atoms with Gasteiger partial charge in [-0.25, -0.2) is 0 Å². The van der Waals surface area contributed by atoms with Crippen molar-refractivity contribution in [2.45, 2.75) is 38.6 Å². The highest BCUT2D eigenvalue weighted by atomic mass is 14.9. The lowest BCUT2D eigenvalue weighted by molar-refractivity contribution is 0.342. The van der Waals surface area contributed by atoms with E-state index in [2.05, 4.69) is 47.8 Å². The molecule has 0 unspecified atom stereocenters. The Balaban J connectivity index is 1.50. The fraction of sp³-hybridized carbons (Fsp3) is 0.400. The average molecular weight is 278 g/mol. The molecule has 1 radical (unpaired) electrons. The van der Waals surface area contributed by atoms with Crippen LogP contribution in [0.3, 0.4) is 0 Å². The van der Waals surface area contributed by atoms with Gasteiger partial charge in [0.05, 0.1) is 0 Å². The highest BCUT2D eigenvalue weighted by molar-refractivity contribution is 5.63. The van der Waals surface area contributed by atoms with Crippen LogP contribution in [0.5, 0.6) is 0 Å². The van der Waals surface area contributed by atoms with E-state index in [0.29, 0.717) is 0 Å². The molecular weight excluding hydrogens is 254 g/mol. The molecular formula is C20H24N. The third-order valence-corrected chi connectivity index (χ3v) is 4.49. The van der Waals surface area contributed by atoms with Crippen LogP contribution < -0.4 is 5.32 Å². The largest absolute Gasteiger partial charge is 0.312 e. The second kappa shape index (κ2) is 7.42. The van der Waals surface area contributed by atoms with Crippen LogP contribution in [0.15, 0.2) is 48.5 Å². The third-order valence-electron chi connectivity index (χ3n) is 4.49. The van der Waals surface area contributed by atoms with Gasteiger partial charge >= 0.3 is 0 Å². The van der Waals surface area contributed by atoms with Crippen LogP contribution in [0.4, 0.5) is 0 Å². The minimum absolute atomic E-state index is 0.901. The summed E-state index contributed by atoms with van der Waals surface area (Å²) in [6, 6.07) is 20.1. The topological polar surface area (TPSA) is 12.0 Å². The van der Waals surface area contributed by atoms with Crippen molar-refractivity contribution in [1.29, 1.82) is 0 Å². The van der Waals surface area contributed by atoms with Crippen molar-refractivity contribution >= 4 is 0 Å². The zero-order chi connectivity index (χ0) is 14.3. The van der Waals surface area contributed by atoms with Crippen molar-refractivity contribution in [2.24, 2.45) is 5.92 Å². The Morgan fingerprint density at radius 2 is 1.52 bits per heavy atom. The fourth-order valence-corrected chi connectivity index (χ4v) is 3.21. The van der Waals surface area contributed by atoms with Crippen LogP contribution in [0.2, 0.25) is 0 Å². The maximum Gasteiger partial charge on any atom is 0.0205 e. The molecule has 1 aliphatic carbocycles. The standard InChI is InChI=1S/C20H24N/c1-3-7-17(8-4-1)15-21-16-18-11-13-20(14-12-18)19-9-5-2-6-10-19/h5-6,9-14,17,21H,1,3-4,7-8,15-16H2. The normalized spacial score (nSPS) is 16.0. The van der Waals surface area contributed by atoms with E-state index in [-0.39, 0.29) is 0 Å². The Kier molecular flexibility index (Phi) is 5.07. The maximum atomic E-state index is 3.63. The van der Waals surface area contributed by atoms with E-state index < -0.39 is 0 Å². The molecule has 0 spiro atoms. The zero-order valence-electron chi connectivity index (χ0n) is 12.6. The van der Waals surface area contributed by atoms with Crippen LogP contribution >= 0.6 is 0 Å². The van der Waals surface area contributed by atoms with E-state index in [4.69, 9.17) is 0 Å². The zero-order valence-corrected chi connectivity index (χ0v) is 12.6. The summed E-state index contributed by atoms with van der Waals surface area (Å²) in [5, 5.41) is 3.63. The molecule has 1 heteroatoms. The molecule has 21 heavy (non-hydrogen) atoms. The van der Waals surface area contributed by atoms with E-state index in [1.54, 1.807) is 0 Å². The number of nitrogens with one attached hydrogen (secondary N) is 1. The minimum Gasteiger partial charge on any atom is -0.312 e. The first-order valence-corrected chi connectivity index (χ1v) is 8.18. The van der Waals surface area contributed by atoms with Crippen molar-refractivity contribution < 1.29 is 0 Å². The molecule has 0 aromatic heterocycles. The van der Waals surface area contributed by atoms with Gasteiger partial charge in [-0.05, 0) is 48.1 Å². The summed E-state index contributed by atoms with van der Waals surface area (Å²) in [5.74, 6) is 0.901. The molecule has 2 aromatic carbocycles. The van der Waals surface area contributed by atoms with Gasteiger partial charge in [-0.1, -0.05) is 67.8 Å². The Hall–Kier alpha value is -1.60.